The van der Waals surface area contributed by atoms with Crippen molar-refractivity contribution in [1.82, 2.24) is 4.90 Å². The monoisotopic (exact) mass is 298 g/mol. The lowest BCUT2D eigenvalue weighted by atomic mass is 10.1. The van der Waals surface area contributed by atoms with Gasteiger partial charge >= 0.3 is 5.97 Å². The number of carboxylic acid groups (broad SMARTS) is 1. The fourth-order valence-corrected chi connectivity index (χ4v) is 2.61. The Morgan fingerprint density at radius 1 is 1.35 bits per heavy atom. The van der Waals surface area contributed by atoms with E-state index in [9.17, 15) is 18.0 Å². The molecule has 2 rings (SSSR count). The Bertz CT molecular complexity index is 638. The van der Waals surface area contributed by atoms with Crippen LogP contribution in [0.15, 0.2) is 29.2 Å². The third-order valence-electron chi connectivity index (χ3n) is 3.19. The van der Waals surface area contributed by atoms with Crippen LogP contribution < -0.4 is 5.14 Å². The maximum atomic E-state index is 11.7. The Morgan fingerprint density at radius 3 is 2.40 bits per heavy atom. The molecular formula is C12H14N2O5S. The van der Waals surface area contributed by atoms with Gasteiger partial charge in [0.05, 0.1) is 10.8 Å². The van der Waals surface area contributed by atoms with Crippen LogP contribution >= 0.6 is 0 Å². The first-order valence-electron chi connectivity index (χ1n) is 5.89. The van der Waals surface area contributed by atoms with E-state index >= 15 is 0 Å². The highest BCUT2D eigenvalue weighted by molar-refractivity contribution is 7.89. The second-order valence-corrected chi connectivity index (χ2v) is 6.26. The van der Waals surface area contributed by atoms with Crippen molar-refractivity contribution in [2.75, 3.05) is 6.54 Å². The van der Waals surface area contributed by atoms with E-state index in [0.29, 0.717) is 0 Å². The number of carbonyl (C=O) groups excluding carboxylic acids is 1. The zero-order valence-electron chi connectivity index (χ0n) is 10.5. The minimum absolute atomic E-state index is 0.00240. The minimum Gasteiger partial charge on any atom is -0.481 e. The average Bonchev–Trinajstić information content (AvgIpc) is 2.71. The molecule has 1 unspecified atom stereocenters. The van der Waals surface area contributed by atoms with Gasteiger partial charge in [-0.05, 0) is 17.7 Å². The van der Waals surface area contributed by atoms with Crippen LogP contribution in [0.2, 0.25) is 0 Å². The Morgan fingerprint density at radius 2 is 1.95 bits per heavy atom. The summed E-state index contributed by atoms with van der Waals surface area (Å²) in [5, 5.41) is 13.9. The van der Waals surface area contributed by atoms with Gasteiger partial charge in [-0.15, -0.1) is 0 Å². The summed E-state index contributed by atoms with van der Waals surface area (Å²) in [4.78, 5) is 24.0. The lowest BCUT2D eigenvalue weighted by molar-refractivity contribution is -0.141. The number of carbonyl (C=O) groups is 2. The molecule has 1 atom stereocenters. The number of primary sulfonamides is 1. The summed E-state index contributed by atoms with van der Waals surface area (Å²) < 4.78 is 22.2. The number of amides is 1. The summed E-state index contributed by atoms with van der Waals surface area (Å²) in [6.45, 7) is 0.429. The fourth-order valence-electron chi connectivity index (χ4n) is 2.10. The molecule has 0 bridgehead atoms. The first-order chi connectivity index (χ1) is 9.27. The molecule has 8 heteroatoms. The van der Waals surface area contributed by atoms with Crippen LogP contribution in [0.1, 0.15) is 12.0 Å². The van der Waals surface area contributed by atoms with Crippen molar-refractivity contribution in [3.05, 3.63) is 29.8 Å². The van der Waals surface area contributed by atoms with E-state index in [0.717, 1.165) is 5.56 Å². The predicted molar refractivity (Wildman–Crippen MR) is 69.0 cm³/mol. The number of hydrogen-bond acceptors (Lipinski definition) is 4. The summed E-state index contributed by atoms with van der Waals surface area (Å²) >= 11 is 0. The summed E-state index contributed by atoms with van der Waals surface area (Å²) in [5.41, 5.74) is 0.719. The number of nitrogens with two attached hydrogens (primary N) is 1. The van der Waals surface area contributed by atoms with Gasteiger partial charge in [-0.2, -0.15) is 0 Å². The van der Waals surface area contributed by atoms with E-state index < -0.39 is 21.9 Å². The lowest BCUT2D eigenvalue weighted by Gasteiger charge is -2.16. The number of sulfonamides is 1. The third kappa shape index (κ3) is 3.14. The maximum Gasteiger partial charge on any atom is 0.308 e. The average molecular weight is 298 g/mol. The second-order valence-electron chi connectivity index (χ2n) is 4.70. The Balaban J connectivity index is 2.08. The molecule has 108 valence electrons. The van der Waals surface area contributed by atoms with Gasteiger partial charge in [0, 0.05) is 19.5 Å². The summed E-state index contributed by atoms with van der Waals surface area (Å²) in [7, 11) is -3.74. The van der Waals surface area contributed by atoms with E-state index in [-0.39, 0.29) is 30.3 Å². The van der Waals surface area contributed by atoms with Gasteiger partial charge in [0.1, 0.15) is 0 Å². The molecule has 0 radical (unpaired) electrons. The van der Waals surface area contributed by atoms with E-state index in [1.807, 2.05) is 0 Å². The molecule has 1 aromatic rings. The van der Waals surface area contributed by atoms with E-state index in [1.165, 1.54) is 17.0 Å². The highest BCUT2D eigenvalue weighted by atomic mass is 32.2. The number of likely N-dealkylation sites (tertiary alicyclic amines) is 1. The van der Waals surface area contributed by atoms with Gasteiger partial charge < -0.3 is 10.0 Å². The van der Waals surface area contributed by atoms with Crippen molar-refractivity contribution in [2.45, 2.75) is 17.9 Å². The van der Waals surface area contributed by atoms with Crippen molar-refractivity contribution >= 4 is 21.9 Å². The zero-order chi connectivity index (χ0) is 14.9. The van der Waals surface area contributed by atoms with Crippen LogP contribution in [0.25, 0.3) is 0 Å². The van der Waals surface area contributed by atoms with Crippen LogP contribution in [0, 0.1) is 5.92 Å². The molecule has 1 aliphatic rings. The van der Waals surface area contributed by atoms with E-state index in [2.05, 4.69) is 0 Å². The molecule has 20 heavy (non-hydrogen) atoms. The number of nitrogens with zero attached hydrogens (tertiary/aromatic N) is 1. The summed E-state index contributed by atoms with van der Waals surface area (Å²) in [6.07, 6.45) is 0.00456. The molecule has 0 spiro atoms. The van der Waals surface area contributed by atoms with Crippen molar-refractivity contribution in [2.24, 2.45) is 11.1 Å². The molecule has 7 nitrogen and oxygen atoms in total. The topological polar surface area (TPSA) is 118 Å². The Kier molecular flexibility index (Phi) is 3.78. The SMILES string of the molecule is NS(=O)(=O)c1ccc(CN2CC(C(=O)O)CC2=O)cc1. The highest BCUT2D eigenvalue weighted by Gasteiger charge is 2.34. The molecule has 0 saturated carbocycles. The van der Waals surface area contributed by atoms with Crippen molar-refractivity contribution in [1.29, 1.82) is 0 Å². The van der Waals surface area contributed by atoms with E-state index in [1.54, 1.807) is 12.1 Å². The molecule has 1 aliphatic heterocycles. The van der Waals surface area contributed by atoms with Crippen molar-refractivity contribution in [3.8, 4) is 0 Å². The predicted octanol–water partition coefficient (Wildman–Crippen LogP) is -0.233. The van der Waals surface area contributed by atoms with Crippen LogP contribution in [0.4, 0.5) is 0 Å². The molecule has 1 fully saturated rings. The van der Waals surface area contributed by atoms with Gasteiger partial charge in [-0.1, -0.05) is 12.1 Å². The largest absolute Gasteiger partial charge is 0.481 e. The lowest BCUT2D eigenvalue weighted by Crippen LogP contribution is -2.25. The van der Waals surface area contributed by atoms with Gasteiger partial charge in [-0.25, -0.2) is 13.6 Å². The first-order valence-corrected chi connectivity index (χ1v) is 7.44. The second kappa shape index (κ2) is 5.22. The molecule has 1 amide bonds. The number of benzene rings is 1. The van der Waals surface area contributed by atoms with Gasteiger partial charge in [0.15, 0.2) is 0 Å². The van der Waals surface area contributed by atoms with Gasteiger partial charge in [0.2, 0.25) is 15.9 Å². The molecule has 3 N–H and O–H groups in total. The van der Waals surface area contributed by atoms with Crippen molar-refractivity contribution < 1.29 is 23.1 Å². The van der Waals surface area contributed by atoms with Gasteiger partial charge in [-0.3, -0.25) is 9.59 Å². The summed E-state index contributed by atoms with van der Waals surface area (Å²) in [5.74, 6) is -1.87. The standard InChI is InChI=1S/C12H14N2O5S/c13-20(18,19)10-3-1-8(2-4-10)6-14-7-9(12(16)17)5-11(14)15/h1-4,9H,5-7H2,(H,16,17)(H2,13,18,19). The van der Waals surface area contributed by atoms with Gasteiger partial charge in [0.25, 0.3) is 0 Å². The molecule has 1 aromatic carbocycles. The Hall–Kier alpha value is -1.93. The highest BCUT2D eigenvalue weighted by Crippen LogP contribution is 2.20. The first kappa shape index (κ1) is 14.5. The third-order valence-corrected chi connectivity index (χ3v) is 4.12. The normalized spacial score (nSPS) is 19.4. The molecule has 1 heterocycles. The molecule has 1 saturated heterocycles. The zero-order valence-corrected chi connectivity index (χ0v) is 11.3. The number of rotatable bonds is 4. The van der Waals surface area contributed by atoms with Crippen LogP contribution in [-0.4, -0.2) is 36.8 Å². The van der Waals surface area contributed by atoms with Crippen LogP contribution in [0.3, 0.4) is 0 Å². The van der Waals surface area contributed by atoms with Crippen LogP contribution in [0.5, 0.6) is 0 Å². The maximum absolute atomic E-state index is 11.7. The number of hydrogen-bond donors (Lipinski definition) is 2. The fraction of sp³-hybridized carbons (Fsp3) is 0.333. The molecule has 0 aromatic heterocycles. The quantitative estimate of drug-likeness (QED) is 0.796. The van der Waals surface area contributed by atoms with E-state index in [4.69, 9.17) is 10.2 Å². The van der Waals surface area contributed by atoms with Crippen LogP contribution in [-0.2, 0) is 26.2 Å². The minimum atomic E-state index is -3.74. The Labute approximate surface area is 116 Å². The number of aliphatic carboxylic acids is 1. The molecule has 0 aliphatic carbocycles. The summed E-state index contributed by atoms with van der Waals surface area (Å²) in [6, 6.07) is 5.84. The van der Waals surface area contributed by atoms with Crippen molar-refractivity contribution in [3.63, 3.8) is 0 Å². The smallest absolute Gasteiger partial charge is 0.308 e. The molecular weight excluding hydrogens is 284 g/mol. The number of carboxylic acids is 1.